The molecule has 1 aromatic heterocycles. The molecule has 0 radical (unpaired) electrons. The Labute approximate surface area is 91.4 Å². The van der Waals surface area contributed by atoms with Crippen molar-refractivity contribution in [3.05, 3.63) is 6.20 Å². The normalized spacial score (nSPS) is 24.0. The fourth-order valence-electron chi connectivity index (χ4n) is 1.37. The molecule has 2 heterocycles. The summed E-state index contributed by atoms with van der Waals surface area (Å²) in [5.74, 6) is 0.0914. The van der Waals surface area contributed by atoms with Crippen molar-refractivity contribution in [3.8, 4) is 5.88 Å². The molecule has 0 aliphatic carbocycles. The van der Waals surface area contributed by atoms with Crippen molar-refractivity contribution in [3.63, 3.8) is 0 Å². The van der Waals surface area contributed by atoms with Crippen molar-refractivity contribution in [2.24, 2.45) is 6.98 Å². The van der Waals surface area contributed by atoms with Crippen LogP contribution in [-0.4, -0.2) is 35.5 Å². The molecule has 1 atom stereocenters. The smallest absolute Gasteiger partial charge is 0.257 e. The molecule has 1 saturated heterocycles. The number of aryl methyl sites for hydroxylation is 1. The van der Waals surface area contributed by atoms with Crippen LogP contribution in [0.15, 0.2) is 6.20 Å². The van der Waals surface area contributed by atoms with Crippen LogP contribution < -0.4 is 10.1 Å². The van der Waals surface area contributed by atoms with E-state index >= 15 is 0 Å². The molecule has 0 bridgehead atoms. The average molecular weight is 214 g/mol. The molecule has 15 heavy (non-hydrogen) atoms. The second-order valence-corrected chi connectivity index (χ2v) is 3.16. The van der Waals surface area contributed by atoms with Gasteiger partial charge in [-0.3, -0.25) is 9.48 Å². The molecule has 1 aromatic rings. The minimum atomic E-state index is -2.41. The first-order chi connectivity index (χ1) is 8.50. The molecular formula is C9H13N3O3. The highest BCUT2D eigenvalue weighted by atomic mass is 16.6. The quantitative estimate of drug-likeness (QED) is 0.725. The van der Waals surface area contributed by atoms with Crippen LogP contribution in [0, 0.1) is 0 Å². The zero-order chi connectivity index (χ0) is 13.2. The number of rotatable bonds is 4. The van der Waals surface area contributed by atoms with E-state index in [9.17, 15) is 4.79 Å². The molecule has 0 saturated carbocycles. The molecule has 1 aliphatic rings. The summed E-state index contributed by atoms with van der Waals surface area (Å²) >= 11 is 0. The minimum Gasteiger partial charge on any atom is -0.469 e. The Hall–Kier alpha value is -1.56. The van der Waals surface area contributed by atoms with Crippen LogP contribution in [0.2, 0.25) is 0 Å². The van der Waals surface area contributed by atoms with Gasteiger partial charge < -0.3 is 14.8 Å². The van der Waals surface area contributed by atoms with Crippen molar-refractivity contribution in [1.29, 1.82) is 0 Å². The molecule has 1 aliphatic heterocycles. The second-order valence-electron chi connectivity index (χ2n) is 3.16. The lowest BCUT2D eigenvalue weighted by atomic mass is 10.3. The number of nitrogens with zero attached hydrogens (tertiary/aromatic N) is 2. The van der Waals surface area contributed by atoms with Crippen LogP contribution >= 0.6 is 0 Å². The maximum Gasteiger partial charge on any atom is 0.257 e. The lowest BCUT2D eigenvalue weighted by molar-refractivity contribution is -0.105. The molecular weight excluding hydrogens is 198 g/mol. The SMILES string of the molecule is [2H]C([2H])([2H])n1cc(NC=O)c(OC2CCOC2)n1. The van der Waals surface area contributed by atoms with E-state index in [4.69, 9.17) is 13.6 Å². The maximum absolute atomic E-state index is 10.5. The van der Waals surface area contributed by atoms with Crippen LogP contribution in [0.5, 0.6) is 5.88 Å². The predicted molar refractivity (Wildman–Crippen MR) is 52.7 cm³/mol. The van der Waals surface area contributed by atoms with Gasteiger partial charge in [-0.2, -0.15) is 0 Å². The van der Waals surface area contributed by atoms with Crippen LogP contribution in [0.25, 0.3) is 0 Å². The predicted octanol–water partition coefficient (Wildman–Crippen LogP) is 0.156. The van der Waals surface area contributed by atoms with Crippen LogP contribution in [-0.2, 0) is 16.5 Å². The van der Waals surface area contributed by atoms with E-state index in [0.717, 1.165) is 4.68 Å². The van der Waals surface area contributed by atoms with E-state index in [2.05, 4.69) is 10.4 Å². The monoisotopic (exact) mass is 214 g/mol. The molecule has 82 valence electrons. The largest absolute Gasteiger partial charge is 0.469 e. The standard InChI is InChI=1S/C9H13N3O3/c1-12-4-8(10-6-13)9(11-12)15-7-2-3-14-5-7/h4,6-7H,2-3,5H2,1H3,(H,10,13)/i1D3. The Morgan fingerprint density at radius 2 is 2.87 bits per heavy atom. The van der Waals surface area contributed by atoms with Crippen LogP contribution in [0.4, 0.5) is 5.69 Å². The fraction of sp³-hybridized carbons (Fsp3) is 0.556. The van der Waals surface area contributed by atoms with Crippen molar-refractivity contribution < 1.29 is 18.4 Å². The molecule has 2 rings (SSSR count). The summed E-state index contributed by atoms with van der Waals surface area (Å²) in [6.45, 7) is -1.38. The van der Waals surface area contributed by atoms with Crippen LogP contribution in [0.3, 0.4) is 0 Å². The Balaban J connectivity index is 2.20. The first-order valence-electron chi connectivity index (χ1n) is 6.05. The number of nitrogens with one attached hydrogen (secondary N) is 1. The number of carbonyl (C=O) groups is 1. The first-order valence-corrected chi connectivity index (χ1v) is 4.55. The molecule has 6 nitrogen and oxygen atoms in total. The number of hydrogen-bond donors (Lipinski definition) is 1. The average Bonchev–Trinajstić information content (AvgIpc) is 2.89. The number of aromatic nitrogens is 2. The van der Waals surface area contributed by atoms with Crippen molar-refractivity contribution in [2.75, 3.05) is 18.5 Å². The van der Waals surface area contributed by atoms with Gasteiger partial charge in [0.1, 0.15) is 11.8 Å². The molecule has 1 N–H and O–H groups in total. The number of ether oxygens (including phenoxy) is 2. The Kier molecular flexibility index (Phi) is 1.96. The van der Waals surface area contributed by atoms with Gasteiger partial charge in [-0.15, -0.1) is 5.10 Å². The maximum atomic E-state index is 10.5. The zero-order valence-corrected chi connectivity index (χ0v) is 7.97. The Morgan fingerprint density at radius 1 is 1.93 bits per heavy atom. The van der Waals surface area contributed by atoms with Gasteiger partial charge in [0.25, 0.3) is 5.88 Å². The lowest BCUT2D eigenvalue weighted by Gasteiger charge is -2.09. The number of hydrogen-bond acceptors (Lipinski definition) is 4. The van der Waals surface area contributed by atoms with E-state index in [0.29, 0.717) is 26.0 Å². The molecule has 6 heteroatoms. The van der Waals surface area contributed by atoms with E-state index in [-0.39, 0.29) is 17.7 Å². The summed E-state index contributed by atoms with van der Waals surface area (Å²) in [4.78, 5) is 10.5. The summed E-state index contributed by atoms with van der Waals surface area (Å²) in [5.41, 5.74) is 0.230. The molecule has 0 aromatic carbocycles. The highest BCUT2D eigenvalue weighted by molar-refractivity contribution is 5.73. The van der Waals surface area contributed by atoms with Gasteiger partial charge in [0, 0.05) is 17.5 Å². The van der Waals surface area contributed by atoms with Crippen molar-refractivity contribution >= 4 is 12.1 Å². The van der Waals surface area contributed by atoms with Gasteiger partial charge in [-0.25, -0.2) is 0 Å². The van der Waals surface area contributed by atoms with Gasteiger partial charge in [0.2, 0.25) is 6.41 Å². The number of amides is 1. The van der Waals surface area contributed by atoms with Gasteiger partial charge >= 0.3 is 0 Å². The lowest BCUT2D eigenvalue weighted by Crippen LogP contribution is -2.16. The minimum absolute atomic E-state index is 0.0914. The summed E-state index contributed by atoms with van der Waals surface area (Å²) in [7, 11) is 0. The van der Waals surface area contributed by atoms with Gasteiger partial charge in [0.15, 0.2) is 0 Å². The highest BCUT2D eigenvalue weighted by Crippen LogP contribution is 2.23. The molecule has 0 spiro atoms. The molecule has 1 fully saturated rings. The second kappa shape index (κ2) is 4.31. The summed E-state index contributed by atoms with van der Waals surface area (Å²) in [5, 5.41) is 6.18. The third-order valence-corrected chi connectivity index (χ3v) is 2.06. The summed E-state index contributed by atoms with van der Waals surface area (Å²) in [6.07, 6.45) is 2.20. The van der Waals surface area contributed by atoms with E-state index in [1.165, 1.54) is 6.20 Å². The third-order valence-electron chi connectivity index (χ3n) is 2.06. The Morgan fingerprint density at radius 3 is 3.53 bits per heavy atom. The van der Waals surface area contributed by atoms with Gasteiger partial charge in [0.05, 0.1) is 19.4 Å². The van der Waals surface area contributed by atoms with E-state index in [1.54, 1.807) is 0 Å². The van der Waals surface area contributed by atoms with Gasteiger partial charge in [-0.1, -0.05) is 0 Å². The first kappa shape index (κ1) is 6.84. The van der Waals surface area contributed by atoms with Crippen molar-refractivity contribution in [1.82, 2.24) is 9.78 Å². The summed E-state index contributed by atoms with van der Waals surface area (Å²) < 4.78 is 33.1. The zero-order valence-electron chi connectivity index (χ0n) is 11.0. The van der Waals surface area contributed by atoms with Crippen molar-refractivity contribution in [2.45, 2.75) is 12.5 Å². The van der Waals surface area contributed by atoms with Gasteiger partial charge in [-0.05, 0) is 0 Å². The highest BCUT2D eigenvalue weighted by Gasteiger charge is 2.20. The van der Waals surface area contributed by atoms with Crippen LogP contribution in [0.1, 0.15) is 10.5 Å². The van der Waals surface area contributed by atoms with E-state index in [1.807, 2.05) is 0 Å². The van der Waals surface area contributed by atoms with E-state index < -0.39 is 6.98 Å². The fourth-order valence-corrected chi connectivity index (χ4v) is 1.37. The number of carbonyl (C=O) groups excluding carboxylic acids is 1. The molecule has 1 unspecified atom stereocenters. The topological polar surface area (TPSA) is 65.4 Å². The molecule has 1 amide bonds. The third kappa shape index (κ3) is 2.27. The summed E-state index contributed by atoms with van der Waals surface area (Å²) in [6, 6.07) is 0. The number of anilines is 1. The Bertz CT molecular complexity index is 426.